The Kier molecular flexibility index (Phi) is 1.71. The van der Waals surface area contributed by atoms with Gasteiger partial charge in [-0.1, -0.05) is 0 Å². The van der Waals surface area contributed by atoms with Crippen molar-refractivity contribution in [3.8, 4) is 0 Å². The monoisotopic (exact) mass is 144 g/mol. The van der Waals surface area contributed by atoms with Crippen molar-refractivity contribution in [1.82, 2.24) is 0 Å². The van der Waals surface area contributed by atoms with Crippen LogP contribution in [0.4, 0.5) is 4.39 Å². The molecule has 0 aliphatic carbocycles. The summed E-state index contributed by atoms with van der Waals surface area (Å²) in [7, 11) is 0. The van der Waals surface area contributed by atoms with E-state index in [1.807, 2.05) is 0 Å². The maximum absolute atomic E-state index is 12.0. The van der Waals surface area contributed by atoms with Crippen LogP contribution in [0.25, 0.3) is 0 Å². The van der Waals surface area contributed by atoms with Crippen LogP contribution in [0.5, 0.6) is 0 Å². The zero-order chi connectivity index (χ0) is 7.56. The van der Waals surface area contributed by atoms with Crippen molar-refractivity contribution in [2.75, 3.05) is 0 Å². The Morgan fingerprint density at radius 2 is 2.40 bits per heavy atom. The fourth-order valence-corrected chi connectivity index (χ4v) is 0.596. The highest BCUT2D eigenvalue weighted by atomic mass is 19.1. The van der Waals surface area contributed by atoms with Crippen molar-refractivity contribution in [1.29, 1.82) is 0 Å². The Morgan fingerprint density at radius 1 is 1.70 bits per heavy atom. The normalized spacial score (nSPS) is 9.70. The number of rotatable bonds is 2. The first-order valence-corrected chi connectivity index (χ1v) is 2.64. The fraction of sp³-hybridized carbons (Fsp3) is 0.167. The van der Waals surface area contributed by atoms with Crippen molar-refractivity contribution < 1.29 is 18.7 Å². The summed E-state index contributed by atoms with van der Waals surface area (Å²) in [6.07, 6.45) is -0.274. The summed E-state index contributed by atoms with van der Waals surface area (Å²) in [5.41, 5.74) is 0. The molecule has 0 aliphatic rings. The maximum Gasteiger partial charge on any atom is 0.311 e. The van der Waals surface area contributed by atoms with E-state index in [4.69, 9.17) is 5.11 Å². The molecule has 0 radical (unpaired) electrons. The second kappa shape index (κ2) is 2.51. The number of carboxylic acid groups (broad SMARTS) is 1. The van der Waals surface area contributed by atoms with Gasteiger partial charge in [-0.3, -0.25) is 4.79 Å². The zero-order valence-corrected chi connectivity index (χ0v) is 5.00. The predicted molar refractivity (Wildman–Crippen MR) is 30.0 cm³/mol. The molecule has 4 heteroatoms. The Balaban J connectivity index is 2.67. The van der Waals surface area contributed by atoms with Gasteiger partial charge in [-0.25, -0.2) is 0 Å². The van der Waals surface area contributed by atoms with E-state index in [1.165, 1.54) is 6.07 Å². The molecular formula is C6H5FO3. The first-order valence-electron chi connectivity index (χ1n) is 2.64. The zero-order valence-electron chi connectivity index (χ0n) is 5.00. The number of hydrogen-bond acceptors (Lipinski definition) is 2. The quantitative estimate of drug-likeness (QED) is 0.674. The van der Waals surface area contributed by atoms with Gasteiger partial charge in [-0.2, -0.15) is 4.39 Å². The molecule has 3 nitrogen and oxygen atoms in total. The molecule has 0 aromatic carbocycles. The molecule has 0 saturated carbocycles. The summed E-state index contributed by atoms with van der Waals surface area (Å²) in [5, 5.41) is 8.19. The fourth-order valence-electron chi connectivity index (χ4n) is 0.596. The van der Waals surface area contributed by atoms with E-state index in [0.29, 0.717) is 0 Å². The average molecular weight is 144 g/mol. The van der Waals surface area contributed by atoms with Gasteiger partial charge in [0.2, 0.25) is 0 Å². The minimum atomic E-state index is -1.03. The van der Waals surface area contributed by atoms with E-state index >= 15 is 0 Å². The first kappa shape index (κ1) is 6.80. The highest BCUT2D eigenvalue weighted by Crippen LogP contribution is 2.05. The van der Waals surface area contributed by atoms with Crippen LogP contribution in [0.1, 0.15) is 5.76 Å². The van der Waals surface area contributed by atoms with E-state index < -0.39 is 12.0 Å². The molecule has 0 aliphatic heterocycles. The molecule has 0 saturated heterocycles. The van der Waals surface area contributed by atoms with E-state index in [-0.39, 0.29) is 12.2 Å². The lowest BCUT2D eigenvalue weighted by molar-refractivity contribution is -0.136. The third-order valence-corrected chi connectivity index (χ3v) is 0.954. The highest BCUT2D eigenvalue weighted by Gasteiger charge is 2.04. The lowest BCUT2D eigenvalue weighted by Crippen LogP contribution is -1.97. The van der Waals surface area contributed by atoms with Gasteiger partial charge in [-0.05, 0) is 6.07 Å². The summed E-state index contributed by atoms with van der Waals surface area (Å²) >= 11 is 0. The number of halogens is 1. The SMILES string of the molecule is O=C(O)Cc1ccc(F)o1. The van der Waals surface area contributed by atoms with Gasteiger partial charge < -0.3 is 9.52 Å². The predicted octanol–water partition coefficient (Wildman–Crippen LogP) is 1.05. The minimum Gasteiger partial charge on any atom is -0.481 e. The number of aliphatic carboxylic acids is 1. The Labute approximate surface area is 56.1 Å². The molecule has 0 spiro atoms. The topological polar surface area (TPSA) is 50.4 Å². The molecule has 54 valence electrons. The molecule has 1 heterocycles. The van der Waals surface area contributed by atoms with Crippen molar-refractivity contribution in [3.05, 3.63) is 23.9 Å². The molecule has 0 amide bonds. The minimum absolute atomic E-state index is 0.130. The number of carbonyl (C=O) groups is 1. The summed E-state index contributed by atoms with van der Waals surface area (Å²) in [5.74, 6) is -0.903. The number of carboxylic acids is 1. The van der Waals surface area contributed by atoms with E-state index in [9.17, 15) is 9.18 Å². The summed E-state index contributed by atoms with van der Waals surface area (Å²) in [6.45, 7) is 0. The Bertz CT molecular complexity index is 241. The smallest absolute Gasteiger partial charge is 0.311 e. The second-order valence-electron chi connectivity index (χ2n) is 1.78. The molecular weight excluding hydrogens is 139 g/mol. The van der Waals surface area contributed by atoms with Crippen LogP contribution in [-0.4, -0.2) is 11.1 Å². The highest BCUT2D eigenvalue weighted by molar-refractivity contribution is 5.69. The molecule has 1 aromatic rings. The molecule has 0 bridgehead atoms. The van der Waals surface area contributed by atoms with Crippen LogP contribution in [0, 0.1) is 6.01 Å². The van der Waals surface area contributed by atoms with E-state index in [1.54, 1.807) is 0 Å². The van der Waals surface area contributed by atoms with E-state index in [0.717, 1.165) is 6.07 Å². The van der Waals surface area contributed by atoms with Gasteiger partial charge in [0.05, 0.1) is 0 Å². The summed E-state index contributed by atoms with van der Waals surface area (Å²) in [4.78, 5) is 10.00. The largest absolute Gasteiger partial charge is 0.481 e. The Morgan fingerprint density at radius 3 is 2.80 bits per heavy atom. The number of furan rings is 1. The van der Waals surface area contributed by atoms with Gasteiger partial charge in [0, 0.05) is 6.07 Å². The van der Waals surface area contributed by atoms with Crippen LogP contribution in [0.3, 0.4) is 0 Å². The molecule has 0 unspecified atom stereocenters. The van der Waals surface area contributed by atoms with Crippen molar-refractivity contribution in [2.24, 2.45) is 0 Å². The molecule has 10 heavy (non-hydrogen) atoms. The maximum atomic E-state index is 12.0. The molecule has 1 N–H and O–H groups in total. The third-order valence-electron chi connectivity index (χ3n) is 0.954. The summed E-state index contributed by atoms with van der Waals surface area (Å²) in [6, 6.07) is 1.62. The average Bonchev–Trinajstić information content (AvgIpc) is 2.13. The van der Waals surface area contributed by atoms with Crippen molar-refractivity contribution >= 4 is 5.97 Å². The van der Waals surface area contributed by atoms with Crippen LogP contribution in [-0.2, 0) is 11.2 Å². The van der Waals surface area contributed by atoms with Gasteiger partial charge in [-0.15, -0.1) is 0 Å². The Hall–Kier alpha value is -1.32. The van der Waals surface area contributed by atoms with Crippen LogP contribution >= 0.6 is 0 Å². The molecule has 1 rings (SSSR count). The first-order chi connectivity index (χ1) is 4.68. The van der Waals surface area contributed by atoms with Crippen molar-refractivity contribution in [2.45, 2.75) is 6.42 Å². The van der Waals surface area contributed by atoms with Crippen LogP contribution < -0.4 is 0 Å². The van der Waals surface area contributed by atoms with Gasteiger partial charge in [0.25, 0.3) is 6.01 Å². The van der Waals surface area contributed by atoms with Gasteiger partial charge in [0.15, 0.2) is 0 Å². The number of hydrogen-bond donors (Lipinski definition) is 1. The lowest BCUT2D eigenvalue weighted by Gasteiger charge is -1.85. The van der Waals surface area contributed by atoms with Gasteiger partial charge in [0.1, 0.15) is 12.2 Å². The molecule has 0 atom stereocenters. The van der Waals surface area contributed by atoms with Gasteiger partial charge >= 0.3 is 5.97 Å². The van der Waals surface area contributed by atoms with Crippen LogP contribution in [0.2, 0.25) is 0 Å². The van der Waals surface area contributed by atoms with E-state index in [2.05, 4.69) is 4.42 Å². The second-order valence-corrected chi connectivity index (χ2v) is 1.78. The third kappa shape index (κ3) is 1.58. The standard InChI is InChI=1S/C6H5FO3/c7-5-2-1-4(10-5)3-6(8)9/h1-2H,3H2,(H,8,9). The van der Waals surface area contributed by atoms with Crippen molar-refractivity contribution in [3.63, 3.8) is 0 Å². The molecule has 0 fully saturated rings. The lowest BCUT2D eigenvalue weighted by atomic mass is 10.3. The summed E-state index contributed by atoms with van der Waals surface area (Å²) < 4.78 is 16.4. The van der Waals surface area contributed by atoms with Crippen LogP contribution in [0.15, 0.2) is 16.5 Å². The molecule has 1 aromatic heterocycles.